The van der Waals surface area contributed by atoms with Gasteiger partial charge in [0, 0.05) is 22.3 Å². The van der Waals surface area contributed by atoms with Crippen molar-refractivity contribution in [1.82, 2.24) is 19.7 Å². The van der Waals surface area contributed by atoms with Gasteiger partial charge in [-0.15, -0.1) is 10.2 Å². The third kappa shape index (κ3) is 3.72. The van der Waals surface area contributed by atoms with Gasteiger partial charge in [-0.3, -0.25) is 14.3 Å². The molecule has 1 aliphatic heterocycles. The number of aryl methyl sites for hydroxylation is 1. The van der Waals surface area contributed by atoms with Crippen molar-refractivity contribution in [2.45, 2.75) is 6.92 Å². The van der Waals surface area contributed by atoms with Crippen molar-refractivity contribution in [2.75, 3.05) is 16.9 Å². The highest BCUT2D eigenvalue weighted by atomic mass is 35.5. The molecule has 2 aromatic heterocycles. The predicted octanol–water partition coefficient (Wildman–Crippen LogP) is 3.84. The molecule has 1 amide bonds. The van der Waals surface area contributed by atoms with E-state index >= 15 is 0 Å². The maximum absolute atomic E-state index is 12.8. The molecule has 5 rings (SSSR count). The molecule has 3 heterocycles. The molecule has 32 heavy (non-hydrogen) atoms. The quantitative estimate of drug-likeness (QED) is 0.517. The zero-order valence-corrected chi connectivity index (χ0v) is 17.9. The van der Waals surface area contributed by atoms with Gasteiger partial charge in [-0.25, -0.2) is 5.01 Å². The van der Waals surface area contributed by atoms with Crippen molar-refractivity contribution in [2.24, 2.45) is 5.10 Å². The first-order valence-electron chi connectivity index (χ1n) is 9.94. The molecule has 0 saturated heterocycles. The summed E-state index contributed by atoms with van der Waals surface area (Å²) in [6.45, 7) is 1.81. The van der Waals surface area contributed by atoms with E-state index in [0.29, 0.717) is 28.2 Å². The van der Waals surface area contributed by atoms with Crippen LogP contribution < -0.4 is 10.3 Å². The summed E-state index contributed by atoms with van der Waals surface area (Å²) in [5.74, 6) is 0.897. The van der Waals surface area contributed by atoms with Crippen LogP contribution in [0.1, 0.15) is 17.0 Å². The number of hydrogen-bond donors (Lipinski definition) is 1. The Labute approximate surface area is 189 Å². The number of rotatable bonds is 4. The van der Waals surface area contributed by atoms with Crippen LogP contribution in [0.15, 0.2) is 78.2 Å². The third-order valence-electron chi connectivity index (χ3n) is 5.02. The number of hydrazone groups is 1. The molecule has 1 aliphatic rings. The summed E-state index contributed by atoms with van der Waals surface area (Å²) in [6, 6.07) is 18.9. The summed E-state index contributed by atoms with van der Waals surface area (Å²) in [5.41, 5.74) is 3.96. The summed E-state index contributed by atoms with van der Waals surface area (Å²) in [7, 11) is 0. The topological polar surface area (TPSA) is 88.3 Å². The lowest BCUT2D eigenvalue weighted by Crippen LogP contribution is -2.31. The molecule has 0 atom stereocenters. The van der Waals surface area contributed by atoms with Crippen LogP contribution in [0.5, 0.6) is 0 Å². The molecule has 9 heteroatoms. The van der Waals surface area contributed by atoms with E-state index in [1.807, 2.05) is 60.0 Å². The van der Waals surface area contributed by atoms with Crippen molar-refractivity contribution in [3.05, 3.63) is 95.0 Å². The number of para-hydroxylation sites is 1. The molecule has 0 radical (unpaired) electrons. The number of benzene rings is 2. The zero-order chi connectivity index (χ0) is 22.1. The highest BCUT2D eigenvalue weighted by Crippen LogP contribution is 2.29. The van der Waals surface area contributed by atoms with Gasteiger partial charge in [0.1, 0.15) is 18.1 Å². The van der Waals surface area contributed by atoms with Crippen LogP contribution >= 0.6 is 11.6 Å². The standard InChI is InChI=1S/C23H18ClN7O/c1-15-27-28-23-30(14-21(32)26-18-5-4-12-25-13-18)29-22(16-8-10-17(24)11-9-16)19-6-2-3-7-20(19)31(15)23/h2-13H,14H2,1H3,(H,26,32). The maximum atomic E-state index is 12.8. The van der Waals surface area contributed by atoms with Gasteiger partial charge < -0.3 is 5.32 Å². The summed E-state index contributed by atoms with van der Waals surface area (Å²) in [6.07, 6.45) is 3.24. The Bertz CT molecular complexity index is 1320. The summed E-state index contributed by atoms with van der Waals surface area (Å²) < 4.78 is 1.90. The molecule has 0 aliphatic carbocycles. The number of halogens is 1. The van der Waals surface area contributed by atoms with Crippen LogP contribution in [0.2, 0.25) is 5.02 Å². The number of anilines is 2. The van der Waals surface area contributed by atoms with Crippen molar-refractivity contribution < 1.29 is 4.79 Å². The number of pyridine rings is 1. The number of carbonyl (C=O) groups excluding carboxylic acids is 1. The lowest BCUT2D eigenvalue weighted by molar-refractivity contribution is -0.115. The van der Waals surface area contributed by atoms with Crippen molar-refractivity contribution in [3.63, 3.8) is 0 Å². The lowest BCUT2D eigenvalue weighted by Gasteiger charge is -2.17. The van der Waals surface area contributed by atoms with Gasteiger partial charge in [-0.05, 0) is 37.3 Å². The Kier molecular flexibility index (Phi) is 5.12. The Hall–Kier alpha value is -4.04. The minimum Gasteiger partial charge on any atom is -0.323 e. The van der Waals surface area contributed by atoms with Gasteiger partial charge in [0.05, 0.1) is 17.6 Å². The van der Waals surface area contributed by atoms with E-state index in [1.165, 1.54) is 0 Å². The van der Waals surface area contributed by atoms with Crippen molar-refractivity contribution in [3.8, 4) is 5.69 Å². The Morgan fingerprint density at radius 2 is 1.84 bits per heavy atom. The second kappa shape index (κ2) is 8.24. The molecule has 0 fully saturated rings. The first kappa shape index (κ1) is 19.9. The normalized spacial score (nSPS) is 12.4. The van der Waals surface area contributed by atoms with Crippen LogP contribution in [0.4, 0.5) is 11.6 Å². The lowest BCUT2D eigenvalue weighted by atomic mass is 10.0. The number of carbonyl (C=O) groups is 1. The van der Waals surface area contributed by atoms with Crippen LogP contribution in [-0.4, -0.2) is 37.9 Å². The maximum Gasteiger partial charge on any atom is 0.252 e. The summed E-state index contributed by atoms with van der Waals surface area (Å²) >= 11 is 6.10. The fourth-order valence-electron chi connectivity index (χ4n) is 3.59. The highest BCUT2D eigenvalue weighted by molar-refractivity contribution is 6.30. The fraction of sp³-hybridized carbons (Fsp3) is 0.0870. The number of hydrogen-bond acceptors (Lipinski definition) is 6. The molecule has 0 spiro atoms. The van der Waals surface area contributed by atoms with E-state index in [-0.39, 0.29) is 12.5 Å². The first-order chi connectivity index (χ1) is 15.6. The second-order valence-corrected chi connectivity index (χ2v) is 7.64. The number of nitrogens with zero attached hydrogens (tertiary/aromatic N) is 6. The third-order valence-corrected chi connectivity index (χ3v) is 5.27. The largest absolute Gasteiger partial charge is 0.323 e. The van der Waals surface area contributed by atoms with Crippen molar-refractivity contribution in [1.29, 1.82) is 0 Å². The predicted molar refractivity (Wildman–Crippen MR) is 123 cm³/mol. The molecule has 0 bridgehead atoms. The molecular formula is C23H18ClN7O. The van der Waals surface area contributed by atoms with Crippen molar-refractivity contribution >= 4 is 34.9 Å². The summed E-state index contributed by atoms with van der Waals surface area (Å²) in [5, 5.41) is 18.5. The van der Waals surface area contributed by atoms with E-state index in [2.05, 4.69) is 20.5 Å². The van der Waals surface area contributed by atoms with E-state index in [0.717, 1.165) is 16.8 Å². The van der Waals surface area contributed by atoms with Gasteiger partial charge in [-0.2, -0.15) is 5.10 Å². The highest BCUT2D eigenvalue weighted by Gasteiger charge is 2.27. The van der Waals surface area contributed by atoms with Gasteiger partial charge in [0.25, 0.3) is 5.95 Å². The summed E-state index contributed by atoms with van der Waals surface area (Å²) in [4.78, 5) is 16.9. The molecule has 8 nitrogen and oxygen atoms in total. The zero-order valence-electron chi connectivity index (χ0n) is 17.1. The monoisotopic (exact) mass is 443 g/mol. The Morgan fingerprint density at radius 3 is 2.62 bits per heavy atom. The van der Waals surface area contributed by atoms with E-state index in [4.69, 9.17) is 16.7 Å². The molecule has 0 saturated carbocycles. The number of nitrogens with one attached hydrogen (secondary N) is 1. The Morgan fingerprint density at radius 1 is 1.03 bits per heavy atom. The number of fused-ring (bicyclic) bond motifs is 3. The van der Waals surface area contributed by atoms with E-state index in [9.17, 15) is 4.79 Å². The smallest absolute Gasteiger partial charge is 0.252 e. The SMILES string of the molecule is Cc1nnc2n1-c1ccccc1C(c1ccc(Cl)cc1)=NN2CC(=O)Nc1cccnc1. The van der Waals surface area contributed by atoms with Crippen LogP contribution in [0, 0.1) is 6.92 Å². The minimum absolute atomic E-state index is 0.0574. The number of aromatic nitrogens is 4. The molecular weight excluding hydrogens is 426 g/mol. The number of amides is 1. The Balaban J connectivity index is 1.61. The van der Waals surface area contributed by atoms with Crippen LogP contribution in [-0.2, 0) is 4.79 Å². The molecule has 2 aromatic carbocycles. The molecule has 4 aromatic rings. The van der Waals surface area contributed by atoms with Gasteiger partial charge in [-0.1, -0.05) is 41.9 Å². The molecule has 158 valence electrons. The molecule has 1 N–H and O–H groups in total. The average Bonchev–Trinajstić information content (AvgIpc) is 3.13. The minimum atomic E-state index is -0.254. The van der Waals surface area contributed by atoms with Crippen LogP contribution in [0.3, 0.4) is 0 Å². The second-order valence-electron chi connectivity index (χ2n) is 7.20. The fourth-order valence-corrected chi connectivity index (χ4v) is 3.71. The first-order valence-corrected chi connectivity index (χ1v) is 10.3. The van der Waals surface area contributed by atoms with Gasteiger partial charge in [0.2, 0.25) is 5.91 Å². The van der Waals surface area contributed by atoms with Gasteiger partial charge >= 0.3 is 0 Å². The molecule has 0 unspecified atom stereocenters. The van der Waals surface area contributed by atoms with Gasteiger partial charge in [0.15, 0.2) is 0 Å². The van der Waals surface area contributed by atoms with Crippen LogP contribution in [0.25, 0.3) is 5.69 Å². The van der Waals surface area contributed by atoms with E-state index in [1.54, 1.807) is 29.5 Å². The average molecular weight is 444 g/mol. The van der Waals surface area contributed by atoms with E-state index < -0.39 is 0 Å².